The minimum Gasteiger partial charge on any atom is -0.352 e. The highest BCUT2D eigenvalue weighted by Gasteiger charge is 2.36. The predicted octanol–water partition coefficient (Wildman–Crippen LogP) is 4.12. The van der Waals surface area contributed by atoms with Crippen LogP contribution in [0.2, 0.25) is 10.2 Å². The number of aryl methyl sites for hydroxylation is 2. The highest BCUT2D eigenvalue weighted by molar-refractivity contribution is 6.41. The van der Waals surface area contributed by atoms with Gasteiger partial charge in [0.15, 0.2) is 0 Å². The summed E-state index contributed by atoms with van der Waals surface area (Å²) >= 11 is 12.1. The van der Waals surface area contributed by atoms with Gasteiger partial charge >= 0.3 is 0 Å². The Morgan fingerprint density at radius 2 is 1.71 bits per heavy atom. The Morgan fingerprint density at radius 1 is 1.03 bits per heavy atom. The molecule has 0 radical (unpaired) electrons. The Kier molecular flexibility index (Phi) is 5.80. The fraction of sp³-hybridized carbons (Fsp3) is 0.182. The maximum atomic E-state index is 12.7. The molecule has 1 aliphatic heterocycles. The van der Waals surface area contributed by atoms with E-state index in [9.17, 15) is 14.4 Å². The number of hydrogen-bond acceptors (Lipinski definition) is 4. The summed E-state index contributed by atoms with van der Waals surface area (Å²) < 4.78 is 1.59. The van der Waals surface area contributed by atoms with E-state index >= 15 is 0 Å². The highest BCUT2D eigenvalue weighted by Crippen LogP contribution is 2.29. The maximum absolute atomic E-state index is 12.7. The number of carbonyl (C=O) groups is 3. The van der Waals surface area contributed by atoms with Crippen molar-refractivity contribution in [3.8, 4) is 0 Å². The molecule has 3 amide bonds. The molecular weight excluding hydrogens is 439 g/mol. The number of amides is 3. The molecule has 0 bridgehead atoms. The summed E-state index contributed by atoms with van der Waals surface area (Å²) in [6, 6.07) is 13.1. The Morgan fingerprint density at radius 3 is 2.32 bits per heavy atom. The lowest BCUT2D eigenvalue weighted by Gasteiger charge is -2.15. The first kappa shape index (κ1) is 21.1. The summed E-state index contributed by atoms with van der Waals surface area (Å²) in [6.45, 7) is 2.67. The minimum absolute atomic E-state index is 0.306. The van der Waals surface area contributed by atoms with Crippen molar-refractivity contribution in [2.45, 2.75) is 19.9 Å². The van der Waals surface area contributed by atoms with E-state index in [0.29, 0.717) is 57.8 Å². The summed E-state index contributed by atoms with van der Waals surface area (Å²) in [5.41, 5.74) is 2.07. The van der Waals surface area contributed by atoms with Crippen molar-refractivity contribution in [3.05, 3.63) is 81.1 Å². The lowest BCUT2D eigenvalue weighted by Crippen LogP contribution is -2.30. The van der Waals surface area contributed by atoms with Gasteiger partial charge in [0, 0.05) is 18.7 Å². The van der Waals surface area contributed by atoms with Crippen LogP contribution in [0.3, 0.4) is 0 Å². The third-order valence-corrected chi connectivity index (χ3v) is 5.92. The van der Waals surface area contributed by atoms with E-state index in [4.69, 9.17) is 23.2 Å². The molecule has 0 spiro atoms. The molecule has 158 valence electrons. The summed E-state index contributed by atoms with van der Waals surface area (Å²) in [6.07, 6.45) is 0.598. The second kappa shape index (κ2) is 8.53. The molecule has 0 aliphatic carbocycles. The summed E-state index contributed by atoms with van der Waals surface area (Å²) in [5, 5.41) is 7.87. The van der Waals surface area contributed by atoms with Crippen LogP contribution in [0.4, 0.5) is 5.69 Å². The van der Waals surface area contributed by atoms with E-state index in [-0.39, 0.29) is 5.91 Å². The Balaban J connectivity index is 1.40. The molecule has 0 atom stereocenters. The molecule has 1 N–H and O–H groups in total. The van der Waals surface area contributed by atoms with Crippen LogP contribution in [0.25, 0.3) is 0 Å². The molecular formula is C22H18Cl2N4O3. The van der Waals surface area contributed by atoms with Crippen molar-refractivity contribution in [1.29, 1.82) is 0 Å². The van der Waals surface area contributed by atoms with Crippen molar-refractivity contribution in [1.82, 2.24) is 15.1 Å². The first-order chi connectivity index (χ1) is 14.9. The monoisotopic (exact) mass is 456 g/mol. The average molecular weight is 457 g/mol. The Labute approximate surface area is 188 Å². The van der Waals surface area contributed by atoms with Gasteiger partial charge in [0.1, 0.15) is 10.2 Å². The number of carbonyl (C=O) groups excluding carboxylic acids is 3. The van der Waals surface area contributed by atoms with Crippen LogP contribution in [-0.4, -0.2) is 34.0 Å². The number of benzene rings is 2. The number of halogens is 2. The van der Waals surface area contributed by atoms with Crippen molar-refractivity contribution >= 4 is 46.6 Å². The van der Waals surface area contributed by atoms with Gasteiger partial charge in [0.25, 0.3) is 17.7 Å². The second-order valence-corrected chi connectivity index (χ2v) is 7.80. The fourth-order valence-corrected chi connectivity index (χ4v) is 3.82. The number of nitrogens with zero attached hydrogens (tertiary/aromatic N) is 3. The number of rotatable bonds is 6. The molecule has 2 heterocycles. The van der Waals surface area contributed by atoms with Gasteiger partial charge in [-0.2, -0.15) is 5.10 Å². The largest absolute Gasteiger partial charge is 0.352 e. The molecule has 1 aromatic heterocycles. The Bertz CT molecular complexity index is 1170. The molecule has 9 heteroatoms. The topological polar surface area (TPSA) is 84.3 Å². The van der Waals surface area contributed by atoms with Crippen molar-refractivity contribution in [3.63, 3.8) is 0 Å². The normalized spacial score (nSPS) is 12.9. The quantitative estimate of drug-likeness (QED) is 0.446. The number of fused-ring (bicyclic) bond motifs is 1. The zero-order valence-corrected chi connectivity index (χ0v) is 18.1. The summed E-state index contributed by atoms with van der Waals surface area (Å²) in [7, 11) is 0. The molecule has 0 saturated carbocycles. The van der Waals surface area contributed by atoms with E-state index in [1.807, 2.05) is 0 Å². The van der Waals surface area contributed by atoms with E-state index < -0.39 is 11.8 Å². The molecule has 0 saturated heterocycles. The van der Waals surface area contributed by atoms with Crippen LogP contribution >= 0.6 is 23.2 Å². The second-order valence-electron chi connectivity index (χ2n) is 7.06. The third-order valence-electron chi connectivity index (χ3n) is 4.99. The molecule has 0 fully saturated rings. The predicted molar refractivity (Wildman–Crippen MR) is 118 cm³/mol. The molecule has 3 aromatic rings. The van der Waals surface area contributed by atoms with Crippen LogP contribution in [0.1, 0.15) is 43.2 Å². The highest BCUT2D eigenvalue weighted by atomic mass is 35.5. The molecule has 2 aromatic carbocycles. The molecule has 4 rings (SSSR count). The van der Waals surface area contributed by atoms with Gasteiger partial charge in [0.2, 0.25) is 0 Å². The van der Waals surface area contributed by atoms with Crippen LogP contribution in [0.5, 0.6) is 0 Å². The SMILES string of the molecule is Cc1nn(CCCNC(=O)c2cccc(N3C(=O)c4ccccc4C3=O)c2)c(Cl)c1Cl. The minimum atomic E-state index is -0.400. The zero-order valence-electron chi connectivity index (χ0n) is 16.6. The van der Waals surface area contributed by atoms with Crippen molar-refractivity contribution in [2.24, 2.45) is 0 Å². The standard InChI is InChI=1S/C22H18Cl2N4O3/c1-13-18(23)19(24)27(26-13)11-5-10-25-20(29)14-6-4-7-15(12-14)28-21(30)16-8-2-3-9-17(16)22(28)31/h2-4,6-9,12H,5,10-11H2,1H3,(H,25,29). The lowest BCUT2D eigenvalue weighted by atomic mass is 10.1. The smallest absolute Gasteiger partial charge is 0.266 e. The van der Waals surface area contributed by atoms with Crippen LogP contribution in [0, 0.1) is 6.92 Å². The van der Waals surface area contributed by atoms with Crippen LogP contribution in [-0.2, 0) is 6.54 Å². The van der Waals surface area contributed by atoms with Crippen molar-refractivity contribution < 1.29 is 14.4 Å². The molecule has 0 unspecified atom stereocenters. The van der Waals surface area contributed by atoms with Gasteiger partial charge in [0.05, 0.1) is 22.5 Å². The number of anilines is 1. The van der Waals surface area contributed by atoms with E-state index in [0.717, 1.165) is 4.90 Å². The van der Waals surface area contributed by atoms with E-state index in [2.05, 4.69) is 10.4 Å². The van der Waals surface area contributed by atoms with Gasteiger partial charge in [-0.3, -0.25) is 19.1 Å². The lowest BCUT2D eigenvalue weighted by molar-refractivity contribution is 0.0919. The molecule has 7 nitrogen and oxygen atoms in total. The Hall–Kier alpha value is -3.16. The number of hydrogen-bond donors (Lipinski definition) is 1. The van der Waals surface area contributed by atoms with Gasteiger partial charge in [-0.05, 0) is 43.7 Å². The summed E-state index contributed by atoms with van der Waals surface area (Å²) in [4.78, 5) is 39.0. The van der Waals surface area contributed by atoms with Gasteiger partial charge in [-0.25, -0.2) is 4.90 Å². The maximum Gasteiger partial charge on any atom is 0.266 e. The van der Waals surface area contributed by atoms with E-state index in [1.165, 1.54) is 6.07 Å². The summed E-state index contributed by atoms with van der Waals surface area (Å²) in [5.74, 6) is -1.11. The number of nitrogens with one attached hydrogen (secondary N) is 1. The van der Waals surface area contributed by atoms with Gasteiger partial charge in [-0.1, -0.05) is 41.4 Å². The molecule has 31 heavy (non-hydrogen) atoms. The van der Waals surface area contributed by atoms with Crippen LogP contribution in [0.15, 0.2) is 48.5 Å². The van der Waals surface area contributed by atoms with E-state index in [1.54, 1.807) is 54.1 Å². The fourth-order valence-electron chi connectivity index (χ4n) is 3.42. The molecule has 1 aliphatic rings. The van der Waals surface area contributed by atoms with Crippen LogP contribution < -0.4 is 10.2 Å². The van der Waals surface area contributed by atoms with Gasteiger partial charge in [-0.15, -0.1) is 0 Å². The average Bonchev–Trinajstić information content (AvgIpc) is 3.18. The van der Waals surface area contributed by atoms with Crippen molar-refractivity contribution in [2.75, 3.05) is 11.4 Å². The number of imide groups is 1. The third kappa shape index (κ3) is 3.94. The first-order valence-corrected chi connectivity index (χ1v) is 10.4. The zero-order chi connectivity index (χ0) is 22.1. The van der Waals surface area contributed by atoms with Gasteiger partial charge < -0.3 is 5.32 Å². The first-order valence-electron chi connectivity index (χ1n) is 9.63. The number of aromatic nitrogens is 2.